The summed E-state index contributed by atoms with van der Waals surface area (Å²) in [4.78, 5) is 13.3. The number of carbonyl (C=O) groups is 1. The van der Waals surface area contributed by atoms with Gasteiger partial charge in [0.05, 0.1) is 17.6 Å². The van der Waals surface area contributed by atoms with E-state index < -0.39 is 5.97 Å². The number of likely N-dealkylation sites (tertiary alicyclic amines) is 1. The largest absolute Gasteiger partial charge is 0.481 e. The monoisotopic (exact) mass is 460 g/mol. The van der Waals surface area contributed by atoms with Crippen LogP contribution in [0.3, 0.4) is 0 Å². The molecule has 33 heavy (non-hydrogen) atoms. The first-order valence-corrected chi connectivity index (χ1v) is 12.1. The summed E-state index contributed by atoms with van der Waals surface area (Å²) in [6.07, 6.45) is 1.74. The Morgan fingerprint density at radius 3 is 2.64 bits per heavy atom. The Bertz CT molecular complexity index is 1210. The second kappa shape index (κ2) is 9.82. The van der Waals surface area contributed by atoms with Gasteiger partial charge in [-0.05, 0) is 41.5 Å². The van der Waals surface area contributed by atoms with Gasteiger partial charge in [0.1, 0.15) is 10.0 Å². The fourth-order valence-electron chi connectivity index (χ4n) is 4.38. The van der Waals surface area contributed by atoms with Gasteiger partial charge in [0.2, 0.25) is 0 Å². The van der Waals surface area contributed by atoms with Crippen molar-refractivity contribution < 1.29 is 9.90 Å². The lowest BCUT2D eigenvalue weighted by Crippen LogP contribution is -2.49. The summed E-state index contributed by atoms with van der Waals surface area (Å²) >= 11 is 1.54. The maximum atomic E-state index is 11.1. The lowest BCUT2D eigenvalue weighted by molar-refractivity contribution is -0.147. The number of carboxylic acids is 1. The fraction of sp³-hybridized carbons (Fsp3) is 0.385. The molecule has 0 unspecified atom stereocenters. The van der Waals surface area contributed by atoms with E-state index in [0.29, 0.717) is 24.6 Å². The van der Waals surface area contributed by atoms with Crippen LogP contribution in [0.2, 0.25) is 0 Å². The van der Waals surface area contributed by atoms with Gasteiger partial charge in [-0.25, -0.2) is 0 Å². The molecule has 0 bridgehead atoms. The van der Waals surface area contributed by atoms with Crippen molar-refractivity contribution in [3.8, 4) is 27.2 Å². The maximum absolute atomic E-state index is 11.1. The number of aromatic nitrogens is 2. The third kappa shape index (κ3) is 4.97. The van der Waals surface area contributed by atoms with Crippen LogP contribution >= 0.6 is 11.3 Å². The molecule has 2 aromatic carbocycles. The summed E-state index contributed by atoms with van der Waals surface area (Å²) in [5.74, 6) is -0.481. The van der Waals surface area contributed by atoms with Crippen molar-refractivity contribution in [2.24, 2.45) is 11.8 Å². The quantitative estimate of drug-likeness (QED) is 0.508. The molecular formula is C26H28N4O2S. The molecule has 4 rings (SSSR count). The number of carboxylic acid groups (broad SMARTS) is 1. The van der Waals surface area contributed by atoms with Gasteiger partial charge in [0.15, 0.2) is 0 Å². The predicted molar refractivity (Wildman–Crippen MR) is 130 cm³/mol. The first-order valence-electron chi connectivity index (χ1n) is 11.3. The SMILES string of the molecule is CCc1c(CN2CC(C(=O)O)C2)cccc1-c1nnc(-c2ccc(CC(C)C)c(C#N)c2)s1. The van der Waals surface area contributed by atoms with E-state index in [2.05, 4.69) is 54.1 Å². The number of hydrogen-bond donors (Lipinski definition) is 1. The van der Waals surface area contributed by atoms with E-state index in [0.717, 1.165) is 46.1 Å². The number of aliphatic carboxylic acids is 1. The molecule has 0 aliphatic carbocycles. The first kappa shape index (κ1) is 23.1. The van der Waals surface area contributed by atoms with Crippen molar-refractivity contribution in [2.75, 3.05) is 13.1 Å². The highest BCUT2D eigenvalue weighted by atomic mass is 32.1. The maximum Gasteiger partial charge on any atom is 0.309 e. The van der Waals surface area contributed by atoms with Crippen LogP contribution in [0.5, 0.6) is 0 Å². The van der Waals surface area contributed by atoms with E-state index in [-0.39, 0.29) is 5.92 Å². The van der Waals surface area contributed by atoms with E-state index in [1.807, 2.05) is 24.3 Å². The number of nitriles is 1. The molecule has 170 valence electrons. The predicted octanol–water partition coefficient (Wildman–Crippen LogP) is 5.02. The van der Waals surface area contributed by atoms with Crippen molar-refractivity contribution in [1.82, 2.24) is 15.1 Å². The lowest BCUT2D eigenvalue weighted by Gasteiger charge is -2.37. The van der Waals surface area contributed by atoms with Gasteiger partial charge >= 0.3 is 5.97 Å². The fourth-order valence-corrected chi connectivity index (χ4v) is 5.27. The van der Waals surface area contributed by atoms with Crippen molar-refractivity contribution in [1.29, 1.82) is 5.26 Å². The van der Waals surface area contributed by atoms with E-state index in [1.54, 1.807) is 0 Å². The van der Waals surface area contributed by atoms with Crippen LogP contribution in [0.25, 0.3) is 21.1 Å². The van der Waals surface area contributed by atoms with Crippen LogP contribution in [0, 0.1) is 23.2 Å². The van der Waals surface area contributed by atoms with Gasteiger partial charge < -0.3 is 5.11 Å². The van der Waals surface area contributed by atoms with E-state index in [4.69, 9.17) is 5.11 Å². The van der Waals surface area contributed by atoms with E-state index in [9.17, 15) is 10.1 Å². The minimum atomic E-state index is -0.714. The number of nitrogens with zero attached hydrogens (tertiary/aromatic N) is 4. The molecule has 1 aromatic heterocycles. The summed E-state index contributed by atoms with van der Waals surface area (Å²) in [6.45, 7) is 8.37. The molecule has 0 radical (unpaired) electrons. The van der Waals surface area contributed by atoms with Crippen LogP contribution in [-0.2, 0) is 24.2 Å². The Labute approximate surface area is 198 Å². The molecule has 1 saturated heterocycles. The zero-order valence-electron chi connectivity index (χ0n) is 19.2. The molecule has 0 spiro atoms. The number of benzene rings is 2. The summed E-state index contributed by atoms with van der Waals surface area (Å²) in [5.41, 5.74) is 6.19. The van der Waals surface area contributed by atoms with Crippen molar-refractivity contribution in [2.45, 2.75) is 40.2 Å². The highest BCUT2D eigenvalue weighted by Crippen LogP contribution is 2.35. The highest BCUT2D eigenvalue weighted by Gasteiger charge is 2.32. The van der Waals surface area contributed by atoms with Crippen LogP contribution in [0.15, 0.2) is 36.4 Å². The Balaban J connectivity index is 1.59. The van der Waals surface area contributed by atoms with Gasteiger partial charge in [-0.1, -0.05) is 62.4 Å². The average molecular weight is 461 g/mol. The molecule has 6 nitrogen and oxygen atoms in total. The molecule has 1 aliphatic rings. The molecule has 0 saturated carbocycles. The zero-order valence-corrected chi connectivity index (χ0v) is 20.0. The minimum absolute atomic E-state index is 0.255. The molecule has 3 aromatic rings. The molecule has 1 fully saturated rings. The second-order valence-corrected chi connectivity index (χ2v) is 10.00. The Morgan fingerprint density at radius 2 is 1.97 bits per heavy atom. The molecule has 0 amide bonds. The summed E-state index contributed by atoms with van der Waals surface area (Å²) in [6, 6.07) is 14.5. The van der Waals surface area contributed by atoms with Gasteiger partial charge in [0.25, 0.3) is 0 Å². The zero-order chi connectivity index (χ0) is 23.5. The van der Waals surface area contributed by atoms with Crippen molar-refractivity contribution >= 4 is 17.3 Å². The summed E-state index contributed by atoms with van der Waals surface area (Å²) in [7, 11) is 0. The lowest BCUT2D eigenvalue weighted by atomic mass is 9.95. The molecule has 1 aliphatic heterocycles. The Morgan fingerprint density at radius 1 is 1.21 bits per heavy atom. The summed E-state index contributed by atoms with van der Waals surface area (Å²) < 4.78 is 0. The van der Waals surface area contributed by atoms with E-state index in [1.165, 1.54) is 22.5 Å². The van der Waals surface area contributed by atoms with Gasteiger partial charge in [-0.2, -0.15) is 5.26 Å². The molecule has 2 heterocycles. The van der Waals surface area contributed by atoms with Crippen molar-refractivity contribution in [3.63, 3.8) is 0 Å². The van der Waals surface area contributed by atoms with Crippen LogP contribution < -0.4 is 0 Å². The highest BCUT2D eigenvalue weighted by molar-refractivity contribution is 7.17. The van der Waals surface area contributed by atoms with Crippen LogP contribution in [-0.4, -0.2) is 39.3 Å². The molecule has 1 N–H and O–H groups in total. The second-order valence-electron chi connectivity index (χ2n) is 9.02. The number of hydrogen-bond acceptors (Lipinski definition) is 6. The van der Waals surface area contributed by atoms with Gasteiger partial charge in [-0.3, -0.25) is 9.69 Å². The molecule has 7 heteroatoms. The standard InChI is InChI=1S/C26H28N4O2S/c1-4-22-19(13-30-14-21(15-30)26(31)32)6-5-7-23(22)25-29-28-24(33-25)18-9-8-17(10-16(2)3)20(11-18)12-27/h5-9,11,16,21H,4,10,13-15H2,1-3H3,(H,31,32). The summed E-state index contributed by atoms with van der Waals surface area (Å²) in [5, 5.41) is 29.3. The molecular weight excluding hydrogens is 432 g/mol. The third-order valence-electron chi connectivity index (χ3n) is 6.09. The third-order valence-corrected chi connectivity index (χ3v) is 7.09. The van der Waals surface area contributed by atoms with Crippen LogP contribution in [0.1, 0.15) is 43.0 Å². The van der Waals surface area contributed by atoms with Crippen molar-refractivity contribution in [3.05, 3.63) is 58.7 Å². The van der Waals surface area contributed by atoms with Gasteiger partial charge in [0, 0.05) is 30.8 Å². The topological polar surface area (TPSA) is 90.1 Å². The first-order chi connectivity index (χ1) is 15.9. The molecule has 0 atom stereocenters. The Hall–Kier alpha value is -3.08. The van der Waals surface area contributed by atoms with Crippen LogP contribution in [0.4, 0.5) is 0 Å². The smallest absolute Gasteiger partial charge is 0.309 e. The average Bonchev–Trinajstić information content (AvgIpc) is 3.25. The van der Waals surface area contributed by atoms with E-state index >= 15 is 0 Å². The Kier molecular flexibility index (Phi) is 6.87. The van der Waals surface area contributed by atoms with Gasteiger partial charge in [-0.15, -0.1) is 10.2 Å². The number of rotatable bonds is 8. The minimum Gasteiger partial charge on any atom is -0.481 e. The normalized spacial score (nSPS) is 14.3.